The van der Waals surface area contributed by atoms with Crippen molar-refractivity contribution in [2.75, 3.05) is 7.11 Å². The minimum atomic E-state index is -4.82. The van der Waals surface area contributed by atoms with E-state index in [0.29, 0.717) is 11.1 Å². The van der Waals surface area contributed by atoms with Crippen molar-refractivity contribution in [1.29, 1.82) is 0 Å². The van der Waals surface area contributed by atoms with Gasteiger partial charge in [-0.1, -0.05) is 42.5 Å². The first-order chi connectivity index (χ1) is 13.3. The molecular formula is C20H15F3N2O3. The van der Waals surface area contributed by atoms with Crippen LogP contribution in [0.2, 0.25) is 0 Å². The predicted octanol–water partition coefficient (Wildman–Crippen LogP) is 3.76. The van der Waals surface area contributed by atoms with Crippen LogP contribution in [-0.2, 0) is 17.5 Å². The third-order valence-electron chi connectivity index (χ3n) is 4.03. The number of carbonyl (C=O) groups excluding carboxylic acids is 1. The van der Waals surface area contributed by atoms with Crippen LogP contribution in [0.3, 0.4) is 0 Å². The minimum Gasteiger partial charge on any atom is -0.465 e. The Morgan fingerprint density at radius 3 is 2.43 bits per heavy atom. The molecule has 0 saturated heterocycles. The molecule has 0 fully saturated rings. The molecule has 0 bridgehead atoms. The molecule has 0 aliphatic rings. The minimum absolute atomic E-state index is 0.0247. The van der Waals surface area contributed by atoms with Gasteiger partial charge >= 0.3 is 12.1 Å². The van der Waals surface area contributed by atoms with Crippen LogP contribution in [0.15, 0.2) is 65.5 Å². The van der Waals surface area contributed by atoms with Gasteiger partial charge in [0.2, 0.25) is 0 Å². The van der Waals surface area contributed by atoms with Crippen molar-refractivity contribution in [2.45, 2.75) is 12.7 Å². The molecule has 8 heteroatoms. The summed E-state index contributed by atoms with van der Waals surface area (Å²) < 4.78 is 45.5. The Balaban J connectivity index is 2.10. The zero-order chi connectivity index (χ0) is 20.3. The lowest BCUT2D eigenvalue weighted by Crippen LogP contribution is -2.31. The standard InChI is InChI=1S/C20H15F3N2O3/c1-28-19(27)15-9-5-6-13(10-15)12-25-18(26)16(20(21,22)23)11-17(24-25)14-7-3-2-4-8-14/h2-11H,12H2,1H3. The van der Waals surface area contributed by atoms with Crippen LogP contribution in [0.5, 0.6) is 0 Å². The molecule has 0 radical (unpaired) electrons. The van der Waals surface area contributed by atoms with E-state index >= 15 is 0 Å². The van der Waals surface area contributed by atoms with Crippen LogP contribution in [0.25, 0.3) is 11.3 Å². The average Bonchev–Trinajstić information content (AvgIpc) is 2.69. The van der Waals surface area contributed by atoms with Gasteiger partial charge in [-0.3, -0.25) is 4.79 Å². The van der Waals surface area contributed by atoms with Crippen molar-refractivity contribution < 1.29 is 22.7 Å². The Labute approximate surface area is 158 Å². The van der Waals surface area contributed by atoms with Crippen molar-refractivity contribution in [3.05, 3.63) is 87.7 Å². The van der Waals surface area contributed by atoms with Gasteiger partial charge in [0.25, 0.3) is 5.56 Å². The molecule has 0 atom stereocenters. The Bertz CT molecular complexity index is 1060. The molecule has 3 aromatic rings. The number of aromatic nitrogens is 2. The molecule has 0 saturated carbocycles. The van der Waals surface area contributed by atoms with Crippen molar-refractivity contribution in [2.24, 2.45) is 0 Å². The predicted molar refractivity (Wildman–Crippen MR) is 95.8 cm³/mol. The number of esters is 1. The summed E-state index contributed by atoms with van der Waals surface area (Å²) in [5, 5.41) is 4.09. The lowest BCUT2D eigenvalue weighted by atomic mass is 10.1. The molecule has 0 aliphatic carbocycles. The van der Waals surface area contributed by atoms with Crippen molar-refractivity contribution in [3.63, 3.8) is 0 Å². The number of nitrogens with zero attached hydrogens (tertiary/aromatic N) is 2. The van der Waals surface area contributed by atoms with E-state index < -0.39 is 23.3 Å². The quantitative estimate of drug-likeness (QED) is 0.639. The Morgan fingerprint density at radius 1 is 1.07 bits per heavy atom. The summed E-state index contributed by atoms with van der Waals surface area (Å²) in [6.45, 7) is -0.229. The van der Waals surface area contributed by atoms with Gasteiger partial charge in [-0.2, -0.15) is 18.3 Å². The van der Waals surface area contributed by atoms with Crippen LogP contribution in [0, 0.1) is 0 Å². The summed E-state index contributed by atoms with van der Waals surface area (Å²) >= 11 is 0. The molecule has 1 aromatic heterocycles. The molecule has 0 N–H and O–H groups in total. The second-order valence-corrected chi connectivity index (χ2v) is 5.96. The molecule has 1 heterocycles. The molecule has 144 valence electrons. The highest BCUT2D eigenvalue weighted by molar-refractivity contribution is 5.89. The molecule has 2 aromatic carbocycles. The van der Waals surface area contributed by atoms with E-state index in [-0.39, 0.29) is 17.8 Å². The maximum absolute atomic E-state index is 13.4. The summed E-state index contributed by atoms with van der Waals surface area (Å²) in [5.74, 6) is -0.587. The van der Waals surface area contributed by atoms with Crippen LogP contribution >= 0.6 is 0 Å². The zero-order valence-electron chi connectivity index (χ0n) is 14.7. The molecule has 3 rings (SSSR count). The fourth-order valence-corrected chi connectivity index (χ4v) is 2.69. The van der Waals surface area contributed by atoms with E-state index in [0.717, 1.165) is 10.7 Å². The van der Waals surface area contributed by atoms with Gasteiger partial charge in [0.15, 0.2) is 0 Å². The molecule has 5 nitrogen and oxygen atoms in total. The van der Waals surface area contributed by atoms with Crippen LogP contribution in [0.1, 0.15) is 21.5 Å². The lowest BCUT2D eigenvalue weighted by Gasteiger charge is -2.13. The SMILES string of the molecule is COC(=O)c1cccc(Cn2nc(-c3ccccc3)cc(C(F)(F)F)c2=O)c1. The third-order valence-corrected chi connectivity index (χ3v) is 4.03. The van der Waals surface area contributed by atoms with Gasteiger partial charge in [-0.05, 0) is 23.8 Å². The topological polar surface area (TPSA) is 61.2 Å². The van der Waals surface area contributed by atoms with Gasteiger partial charge in [-0.15, -0.1) is 0 Å². The highest BCUT2D eigenvalue weighted by Gasteiger charge is 2.35. The summed E-state index contributed by atoms with van der Waals surface area (Å²) in [6.07, 6.45) is -4.82. The fourth-order valence-electron chi connectivity index (χ4n) is 2.69. The Morgan fingerprint density at radius 2 is 1.79 bits per heavy atom. The smallest absolute Gasteiger partial charge is 0.421 e. The number of ether oxygens (including phenoxy) is 1. The van der Waals surface area contributed by atoms with Gasteiger partial charge in [0.05, 0.1) is 24.9 Å². The molecule has 0 spiro atoms. The largest absolute Gasteiger partial charge is 0.465 e. The van der Waals surface area contributed by atoms with E-state index in [4.69, 9.17) is 0 Å². The number of alkyl halides is 3. The van der Waals surface area contributed by atoms with Crippen LogP contribution < -0.4 is 5.56 Å². The van der Waals surface area contributed by atoms with E-state index in [1.165, 1.54) is 19.2 Å². The van der Waals surface area contributed by atoms with Crippen LogP contribution in [0.4, 0.5) is 13.2 Å². The van der Waals surface area contributed by atoms with E-state index in [9.17, 15) is 22.8 Å². The first-order valence-electron chi connectivity index (χ1n) is 8.21. The highest BCUT2D eigenvalue weighted by Crippen LogP contribution is 2.29. The number of benzene rings is 2. The number of halogens is 3. The van der Waals surface area contributed by atoms with Crippen molar-refractivity contribution >= 4 is 5.97 Å². The second-order valence-electron chi connectivity index (χ2n) is 5.96. The second kappa shape index (κ2) is 7.67. The van der Waals surface area contributed by atoms with Gasteiger partial charge in [0, 0.05) is 5.56 Å². The Hall–Kier alpha value is -3.42. The third kappa shape index (κ3) is 4.11. The number of carbonyl (C=O) groups is 1. The van der Waals surface area contributed by atoms with E-state index in [2.05, 4.69) is 9.84 Å². The number of hydrogen-bond acceptors (Lipinski definition) is 4. The maximum atomic E-state index is 13.4. The lowest BCUT2D eigenvalue weighted by molar-refractivity contribution is -0.139. The molecule has 0 aliphatic heterocycles. The summed E-state index contributed by atoms with van der Waals surface area (Å²) in [5.41, 5.74) is -1.41. The van der Waals surface area contributed by atoms with Crippen LogP contribution in [-0.4, -0.2) is 22.9 Å². The number of hydrogen-bond donors (Lipinski definition) is 0. The van der Waals surface area contributed by atoms with Crippen molar-refractivity contribution in [1.82, 2.24) is 9.78 Å². The maximum Gasteiger partial charge on any atom is 0.421 e. The van der Waals surface area contributed by atoms with Gasteiger partial charge in [0.1, 0.15) is 5.56 Å². The van der Waals surface area contributed by atoms with E-state index in [1.807, 2.05) is 0 Å². The summed E-state index contributed by atoms with van der Waals surface area (Å²) in [7, 11) is 1.22. The first kappa shape index (κ1) is 19.3. The Kier molecular flexibility index (Phi) is 5.30. The first-order valence-corrected chi connectivity index (χ1v) is 8.21. The van der Waals surface area contributed by atoms with E-state index in [1.54, 1.807) is 42.5 Å². The summed E-state index contributed by atoms with van der Waals surface area (Å²) in [4.78, 5) is 24.0. The molecular weight excluding hydrogens is 373 g/mol. The fraction of sp³-hybridized carbons (Fsp3) is 0.150. The van der Waals surface area contributed by atoms with Gasteiger partial charge < -0.3 is 4.74 Å². The molecule has 0 unspecified atom stereocenters. The van der Waals surface area contributed by atoms with Crippen molar-refractivity contribution in [3.8, 4) is 11.3 Å². The summed E-state index contributed by atoms with van der Waals surface area (Å²) in [6, 6.07) is 15.1. The molecule has 0 amide bonds. The average molecular weight is 388 g/mol. The monoisotopic (exact) mass is 388 g/mol. The number of methoxy groups -OCH3 is 1. The highest BCUT2D eigenvalue weighted by atomic mass is 19.4. The normalized spacial score (nSPS) is 11.3. The zero-order valence-corrected chi connectivity index (χ0v) is 14.7. The van der Waals surface area contributed by atoms with Gasteiger partial charge in [-0.25, -0.2) is 9.48 Å². The number of rotatable bonds is 4. The molecule has 28 heavy (non-hydrogen) atoms.